The van der Waals surface area contributed by atoms with Gasteiger partial charge in [0.15, 0.2) is 0 Å². The number of piperidine rings is 1. The maximum absolute atomic E-state index is 12.6. The van der Waals surface area contributed by atoms with Crippen LogP contribution in [0, 0.1) is 0 Å². The molecule has 5 nitrogen and oxygen atoms in total. The second-order valence-corrected chi connectivity index (χ2v) is 8.34. The van der Waals surface area contributed by atoms with Crippen LogP contribution < -0.4 is 14.8 Å². The maximum atomic E-state index is 12.6. The van der Waals surface area contributed by atoms with E-state index in [1.54, 1.807) is 6.07 Å². The number of rotatable bonds is 3. The van der Waals surface area contributed by atoms with Gasteiger partial charge in [-0.15, -0.1) is 12.4 Å². The smallest absolute Gasteiger partial charge is 0.240 e. The van der Waals surface area contributed by atoms with Crippen LogP contribution in [0.2, 0.25) is 5.02 Å². The van der Waals surface area contributed by atoms with Crippen molar-refractivity contribution in [3.05, 3.63) is 22.7 Å². The summed E-state index contributed by atoms with van der Waals surface area (Å²) >= 11 is 6.18. The molecule has 0 aromatic heterocycles. The molecule has 23 heavy (non-hydrogen) atoms. The fraction of sp³-hybridized carbons (Fsp3) is 0.600. The minimum Gasteiger partial charge on any atom is -0.489 e. The van der Waals surface area contributed by atoms with Gasteiger partial charge in [-0.05, 0) is 45.4 Å². The molecule has 2 aliphatic rings. The van der Waals surface area contributed by atoms with Crippen molar-refractivity contribution >= 4 is 34.0 Å². The number of ether oxygens (including phenoxy) is 1. The Bertz CT molecular complexity index is 682. The number of hydrogen-bond acceptors (Lipinski definition) is 4. The molecule has 1 aromatic rings. The van der Waals surface area contributed by atoms with Gasteiger partial charge in [0.2, 0.25) is 10.0 Å². The topological polar surface area (TPSA) is 67.4 Å². The molecule has 2 heterocycles. The molecule has 2 aliphatic heterocycles. The third kappa shape index (κ3) is 4.12. The summed E-state index contributed by atoms with van der Waals surface area (Å²) < 4.78 is 33.6. The van der Waals surface area contributed by atoms with Crippen molar-refractivity contribution < 1.29 is 13.2 Å². The largest absolute Gasteiger partial charge is 0.489 e. The molecule has 0 amide bonds. The molecule has 0 spiro atoms. The third-order valence-electron chi connectivity index (χ3n) is 4.18. The van der Waals surface area contributed by atoms with E-state index in [9.17, 15) is 8.42 Å². The molecule has 3 atom stereocenters. The molecule has 0 aliphatic carbocycles. The monoisotopic (exact) mass is 380 g/mol. The van der Waals surface area contributed by atoms with Crippen molar-refractivity contribution in [2.24, 2.45) is 0 Å². The first-order chi connectivity index (χ1) is 10.3. The van der Waals surface area contributed by atoms with E-state index in [1.807, 2.05) is 6.92 Å². The van der Waals surface area contributed by atoms with Gasteiger partial charge in [-0.1, -0.05) is 11.6 Å². The van der Waals surface area contributed by atoms with Crippen LogP contribution in [0.5, 0.6) is 5.75 Å². The molecule has 1 saturated heterocycles. The first kappa shape index (κ1) is 18.8. The molecule has 2 N–H and O–H groups in total. The van der Waals surface area contributed by atoms with Gasteiger partial charge in [0.1, 0.15) is 11.9 Å². The van der Waals surface area contributed by atoms with Gasteiger partial charge < -0.3 is 10.1 Å². The lowest BCUT2D eigenvalue weighted by Crippen LogP contribution is -2.46. The summed E-state index contributed by atoms with van der Waals surface area (Å²) in [6.07, 6.45) is 2.30. The Labute approximate surface area is 148 Å². The summed E-state index contributed by atoms with van der Waals surface area (Å²) in [5.74, 6) is 0.614. The van der Waals surface area contributed by atoms with Gasteiger partial charge in [-0.2, -0.15) is 0 Å². The predicted molar refractivity (Wildman–Crippen MR) is 93.3 cm³/mol. The van der Waals surface area contributed by atoms with Crippen molar-refractivity contribution in [2.75, 3.05) is 6.54 Å². The maximum Gasteiger partial charge on any atom is 0.240 e. The first-order valence-electron chi connectivity index (χ1n) is 7.60. The zero-order valence-corrected chi connectivity index (χ0v) is 15.5. The van der Waals surface area contributed by atoms with Crippen LogP contribution in [0.15, 0.2) is 17.0 Å². The van der Waals surface area contributed by atoms with E-state index in [2.05, 4.69) is 17.0 Å². The van der Waals surface area contributed by atoms with Crippen LogP contribution in [0.25, 0.3) is 0 Å². The van der Waals surface area contributed by atoms with Crippen LogP contribution in [0.3, 0.4) is 0 Å². The summed E-state index contributed by atoms with van der Waals surface area (Å²) in [6, 6.07) is 3.44. The van der Waals surface area contributed by atoms with Crippen LogP contribution in [0.4, 0.5) is 0 Å². The Morgan fingerprint density at radius 2 is 2.09 bits per heavy atom. The fourth-order valence-electron chi connectivity index (χ4n) is 3.14. The van der Waals surface area contributed by atoms with E-state index in [4.69, 9.17) is 16.3 Å². The van der Waals surface area contributed by atoms with Gasteiger partial charge in [0, 0.05) is 24.1 Å². The summed E-state index contributed by atoms with van der Waals surface area (Å²) in [5, 5.41) is 3.67. The van der Waals surface area contributed by atoms with Crippen LogP contribution in [0.1, 0.15) is 32.3 Å². The zero-order chi connectivity index (χ0) is 15.9. The van der Waals surface area contributed by atoms with Gasteiger partial charge >= 0.3 is 0 Å². The minimum atomic E-state index is -3.56. The van der Waals surface area contributed by atoms with E-state index in [0.29, 0.717) is 23.2 Å². The average molecular weight is 381 g/mol. The van der Waals surface area contributed by atoms with E-state index in [0.717, 1.165) is 24.9 Å². The van der Waals surface area contributed by atoms with Gasteiger partial charge in [0.25, 0.3) is 0 Å². The minimum absolute atomic E-state index is 0. The van der Waals surface area contributed by atoms with E-state index in [1.165, 1.54) is 6.07 Å². The Morgan fingerprint density at radius 3 is 2.78 bits per heavy atom. The first-order valence-corrected chi connectivity index (χ1v) is 9.46. The van der Waals surface area contributed by atoms with Gasteiger partial charge in [0.05, 0.1) is 9.92 Å². The molecule has 1 aromatic carbocycles. The van der Waals surface area contributed by atoms with Gasteiger partial charge in [-0.3, -0.25) is 0 Å². The van der Waals surface area contributed by atoms with Crippen molar-refractivity contribution in [3.8, 4) is 5.75 Å². The summed E-state index contributed by atoms with van der Waals surface area (Å²) in [7, 11) is -3.56. The van der Waals surface area contributed by atoms with Crippen molar-refractivity contribution in [1.29, 1.82) is 0 Å². The Balaban J connectivity index is 0.00000192. The number of halogens is 2. The molecule has 0 bridgehead atoms. The summed E-state index contributed by atoms with van der Waals surface area (Å²) in [5.41, 5.74) is 0.860. The Morgan fingerprint density at radius 1 is 1.35 bits per heavy atom. The molecule has 8 heteroatoms. The van der Waals surface area contributed by atoms with Gasteiger partial charge in [-0.25, -0.2) is 13.1 Å². The number of nitrogens with one attached hydrogen (secondary N) is 2. The van der Waals surface area contributed by atoms with Crippen LogP contribution in [-0.2, 0) is 16.4 Å². The predicted octanol–water partition coefficient (Wildman–Crippen LogP) is 2.50. The molecular formula is C15H22Cl2N2O3S. The van der Waals surface area contributed by atoms with Crippen LogP contribution in [-0.4, -0.2) is 33.2 Å². The lowest BCUT2D eigenvalue weighted by atomic mass is 10.0. The second kappa shape index (κ2) is 7.15. The highest BCUT2D eigenvalue weighted by molar-refractivity contribution is 7.89. The molecule has 0 saturated carbocycles. The second-order valence-electron chi connectivity index (χ2n) is 6.22. The Kier molecular flexibility index (Phi) is 5.85. The number of sulfonamides is 1. The molecule has 3 rings (SSSR count). The third-order valence-corrected chi connectivity index (χ3v) is 5.96. The number of hydrogen-bond donors (Lipinski definition) is 2. The average Bonchev–Trinajstić information content (AvgIpc) is 2.79. The summed E-state index contributed by atoms with van der Waals surface area (Å²) in [6.45, 7) is 4.83. The van der Waals surface area contributed by atoms with Crippen molar-refractivity contribution in [1.82, 2.24) is 10.0 Å². The number of benzene rings is 1. The highest BCUT2D eigenvalue weighted by Crippen LogP contribution is 2.38. The molecule has 3 unspecified atom stereocenters. The Hall–Kier alpha value is -0.530. The number of fused-ring (bicyclic) bond motifs is 1. The van der Waals surface area contributed by atoms with Crippen molar-refractivity contribution in [3.63, 3.8) is 0 Å². The quantitative estimate of drug-likeness (QED) is 0.844. The van der Waals surface area contributed by atoms with E-state index in [-0.39, 0.29) is 29.4 Å². The molecular weight excluding hydrogens is 359 g/mol. The lowest BCUT2D eigenvalue weighted by Gasteiger charge is -2.28. The molecule has 0 radical (unpaired) electrons. The highest BCUT2D eigenvalue weighted by Gasteiger charge is 2.28. The van der Waals surface area contributed by atoms with E-state index < -0.39 is 10.0 Å². The van der Waals surface area contributed by atoms with E-state index >= 15 is 0 Å². The fourth-order valence-corrected chi connectivity index (χ4v) is 4.85. The van der Waals surface area contributed by atoms with Crippen molar-refractivity contribution in [2.45, 2.75) is 56.2 Å². The standard InChI is InChI=1S/C15H21ClN2O3S.ClH/c1-9-5-12(3-4-17-9)18-22(19,20)13-7-11-6-10(2)21-15(11)14(16)8-13;/h7-10,12,17-18H,3-6H2,1-2H3;1H. The zero-order valence-electron chi connectivity index (χ0n) is 13.1. The molecule has 1 fully saturated rings. The molecule has 130 valence electrons. The normalized spacial score (nSPS) is 27.0. The lowest BCUT2D eigenvalue weighted by molar-refractivity contribution is 0.255. The highest BCUT2D eigenvalue weighted by atomic mass is 35.5. The summed E-state index contributed by atoms with van der Waals surface area (Å²) in [4.78, 5) is 0.222. The van der Waals surface area contributed by atoms with Crippen LogP contribution >= 0.6 is 24.0 Å². The SMILES string of the molecule is CC1CC(NS(=O)(=O)c2cc(Cl)c3c(c2)CC(C)O3)CCN1.Cl.